The first-order valence-electron chi connectivity index (χ1n) is 7.18. The van der Waals surface area contributed by atoms with Crippen LogP contribution in [0.15, 0.2) is 47.0 Å². The molecule has 0 bridgehead atoms. The van der Waals surface area contributed by atoms with Gasteiger partial charge in [0, 0.05) is 30.6 Å². The van der Waals surface area contributed by atoms with Crippen LogP contribution in [0.1, 0.15) is 25.1 Å². The summed E-state index contributed by atoms with van der Waals surface area (Å²) in [6.07, 6.45) is 2.09. The lowest BCUT2D eigenvalue weighted by atomic mass is 10.2. The molecule has 0 aliphatic heterocycles. The highest BCUT2D eigenvalue weighted by atomic mass is 16.3. The van der Waals surface area contributed by atoms with E-state index in [2.05, 4.69) is 10.4 Å². The Kier molecular flexibility index (Phi) is 3.82. The Labute approximate surface area is 127 Å². The molecule has 1 amide bonds. The fourth-order valence-electron chi connectivity index (χ4n) is 2.30. The minimum Gasteiger partial charge on any atom is -0.459 e. The number of nitrogens with one attached hydrogen (secondary N) is 1. The Morgan fingerprint density at radius 2 is 2.23 bits per heavy atom. The maximum absolute atomic E-state index is 10.8. The molecule has 1 unspecified atom stereocenters. The number of carbonyl (C=O) groups is 1. The Hall–Kier alpha value is -2.76. The number of amides is 1. The van der Waals surface area contributed by atoms with Crippen LogP contribution in [0.4, 0.5) is 5.82 Å². The summed E-state index contributed by atoms with van der Waals surface area (Å²) in [7, 11) is 0. The van der Waals surface area contributed by atoms with E-state index in [1.54, 1.807) is 4.68 Å². The second-order valence-electron chi connectivity index (χ2n) is 5.23. The summed E-state index contributed by atoms with van der Waals surface area (Å²) in [6.45, 7) is 2.50. The number of fused-ring (bicyclic) bond motifs is 1. The lowest BCUT2D eigenvalue weighted by Crippen LogP contribution is -2.14. The predicted octanol–water partition coefficient (Wildman–Crippen LogP) is 2.68. The number of aryl methyl sites for hydroxylation is 1. The predicted molar refractivity (Wildman–Crippen MR) is 84.3 cm³/mol. The summed E-state index contributed by atoms with van der Waals surface area (Å²) in [5.41, 5.74) is 6.01. The summed E-state index contributed by atoms with van der Waals surface area (Å²) in [5, 5.41) is 8.72. The van der Waals surface area contributed by atoms with Crippen molar-refractivity contribution in [2.45, 2.75) is 25.9 Å². The van der Waals surface area contributed by atoms with E-state index in [4.69, 9.17) is 10.2 Å². The van der Waals surface area contributed by atoms with Crippen molar-refractivity contribution < 1.29 is 9.21 Å². The normalized spacial score (nSPS) is 12.4. The number of para-hydroxylation sites is 1. The number of rotatable bonds is 6. The van der Waals surface area contributed by atoms with E-state index < -0.39 is 0 Å². The summed E-state index contributed by atoms with van der Waals surface area (Å²) < 4.78 is 7.52. The second kappa shape index (κ2) is 5.93. The molecule has 0 saturated carbocycles. The number of carbonyl (C=O) groups excluding carboxylic acids is 1. The van der Waals surface area contributed by atoms with E-state index in [9.17, 15) is 4.79 Å². The molecule has 1 aromatic carbocycles. The van der Waals surface area contributed by atoms with Gasteiger partial charge in [-0.3, -0.25) is 9.48 Å². The van der Waals surface area contributed by atoms with Crippen molar-refractivity contribution in [2.24, 2.45) is 5.73 Å². The quantitative estimate of drug-likeness (QED) is 0.732. The molecule has 3 rings (SSSR count). The fourth-order valence-corrected chi connectivity index (χ4v) is 2.30. The number of furan rings is 1. The average Bonchev–Trinajstić information content (AvgIpc) is 3.11. The van der Waals surface area contributed by atoms with Gasteiger partial charge in [0.05, 0.1) is 6.04 Å². The Balaban J connectivity index is 1.68. The molecule has 3 N–H and O–H groups in total. The van der Waals surface area contributed by atoms with Crippen LogP contribution in [0.2, 0.25) is 0 Å². The van der Waals surface area contributed by atoms with Crippen molar-refractivity contribution >= 4 is 22.7 Å². The van der Waals surface area contributed by atoms with Gasteiger partial charge in [0.25, 0.3) is 0 Å². The highest BCUT2D eigenvalue weighted by molar-refractivity contribution is 5.77. The molecular formula is C16H18N4O2. The topological polar surface area (TPSA) is 86.1 Å². The first kappa shape index (κ1) is 14.2. The van der Waals surface area contributed by atoms with Crippen LogP contribution < -0.4 is 11.1 Å². The van der Waals surface area contributed by atoms with Gasteiger partial charge < -0.3 is 15.5 Å². The maximum atomic E-state index is 10.8. The zero-order valence-electron chi connectivity index (χ0n) is 12.3. The Morgan fingerprint density at radius 3 is 3.00 bits per heavy atom. The third kappa shape index (κ3) is 3.11. The van der Waals surface area contributed by atoms with E-state index in [0.717, 1.165) is 22.5 Å². The number of aromatic nitrogens is 2. The van der Waals surface area contributed by atoms with E-state index in [-0.39, 0.29) is 18.4 Å². The second-order valence-corrected chi connectivity index (χ2v) is 5.23. The molecule has 0 spiro atoms. The van der Waals surface area contributed by atoms with Gasteiger partial charge in [-0.1, -0.05) is 18.2 Å². The van der Waals surface area contributed by atoms with Gasteiger partial charge in [-0.2, -0.15) is 5.10 Å². The maximum Gasteiger partial charge on any atom is 0.219 e. The van der Waals surface area contributed by atoms with Gasteiger partial charge in [0.1, 0.15) is 17.2 Å². The molecule has 114 valence electrons. The molecule has 2 aromatic heterocycles. The number of nitrogens with zero attached hydrogens (tertiary/aromatic N) is 2. The van der Waals surface area contributed by atoms with Crippen molar-refractivity contribution in [1.82, 2.24) is 9.78 Å². The number of primary amides is 1. The monoisotopic (exact) mass is 298 g/mol. The van der Waals surface area contributed by atoms with Gasteiger partial charge in [0.2, 0.25) is 5.91 Å². The summed E-state index contributed by atoms with van der Waals surface area (Å²) >= 11 is 0. The molecule has 0 fully saturated rings. The molecule has 0 saturated heterocycles. The number of nitrogens with two attached hydrogens (primary N) is 1. The van der Waals surface area contributed by atoms with Crippen LogP contribution in [0.25, 0.3) is 11.0 Å². The molecule has 22 heavy (non-hydrogen) atoms. The number of anilines is 1. The van der Waals surface area contributed by atoms with Crippen molar-refractivity contribution in [3.05, 3.63) is 48.4 Å². The van der Waals surface area contributed by atoms with Gasteiger partial charge in [-0.05, 0) is 19.1 Å². The van der Waals surface area contributed by atoms with E-state index in [1.807, 2.05) is 49.5 Å². The molecular weight excluding hydrogens is 280 g/mol. The summed E-state index contributed by atoms with van der Waals surface area (Å²) in [4.78, 5) is 10.8. The molecule has 3 aromatic rings. The fraction of sp³-hybridized carbons (Fsp3) is 0.250. The third-order valence-corrected chi connectivity index (χ3v) is 3.46. The van der Waals surface area contributed by atoms with Gasteiger partial charge in [-0.25, -0.2) is 0 Å². The molecule has 6 heteroatoms. The molecule has 0 aliphatic rings. The lowest BCUT2D eigenvalue weighted by molar-refractivity contribution is -0.118. The van der Waals surface area contributed by atoms with Crippen molar-refractivity contribution in [3.63, 3.8) is 0 Å². The van der Waals surface area contributed by atoms with E-state index in [1.165, 1.54) is 0 Å². The average molecular weight is 298 g/mol. The summed E-state index contributed by atoms with van der Waals surface area (Å²) in [6, 6.07) is 11.8. The SMILES string of the molecule is CC(Nc1ccn(CCC(N)=O)n1)c1cc2ccccc2o1. The van der Waals surface area contributed by atoms with Crippen LogP contribution in [-0.4, -0.2) is 15.7 Å². The standard InChI is InChI=1S/C16H18N4O2/c1-11(14-10-12-4-2-3-5-13(12)22-14)18-16-7-9-20(19-16)8-6-15(17)21/h2-5,7,9-11H,6,8H2,1H3,(H2,17,21)(H,18,19). The van der Waals surface area contributed by atoms with Crippen molar-refractivity contribution in [3.8, 4) is 0 Å². The number of hydrogen-bond donors (Lipinski definition) is 2. The van der Waals surface area contributed by atoms with Crippen LogP contribution in [0, 0.1) is 0 Å². The molecule has 0 radical (unpaired) electrons. The smallest absolute Gasteiger partial charge is 0.219 e. The Morgan fingerprint density at radius 1 is 1.41 bits per heavy atom. The highest BCUT2D eigenvalue weighted by Crippen LogP contribution is 2.25. The molecule has 2 heterocycles. The Bertz CT molecular complexity index is 757. The van der Waals surface area contributed by atoms with Crippen molar-refractivity contribution in [1.29, 1.82) is 0 Å². The minimum absolute atomic E-state index is 0.00751. The van der Waals surface area contributed by atoms with Gasteiger partial charge >= 0.3 is 0 Å². The van der Waals surface area contributed by atoms with Crippen LogP contribution in [-0.2, 0) is 11.3 Å². The largest absolute Gasteiger partial charge is 0.459 e. The first-order valence-corrected chi connectivity index (χ1v) is 7.18. The third-order valence-electron chi connectivity index (χ3n) is 3.46. The summed E-state index contributed by atoms with van der Waals surface area (Å²) in [5.74, 6) is 1.26. The van der Waals surface area contributed by atoms with Gasteiger partial charge in [-0.15, -0.1) is 0 Å². The van der Waals surface area contributed by atoms with E-state index >= 15 is 0 Å². The van der Waals surface area contributed by atoms with E-state index in [0.29, 0.717) is 6.54 Å². The van der Waals surface area contributed by atoms with Crippen LogP contribution in [0.5, 0.6) is 0 Å². The zero-order chi connectivity index (χ0) is 15.5. The van der Waals surface area contributed by atoms with Crippen LogP contribution >= 0.6 is 0 Å². The molecule has 6 nitrogen and oxygen atoms in total. The van der Waals surface area contributed by atoms with Gasteiger partial charge in [0.15, 0.2) is 0 Å². The van der Waals surface area contributed by atoms with Crippen molar-refractivity contribution in [2.75, 3.05) is 5.32 Å². The number of benzene rings is 1. The van der Waals surface area contributed by atoms with Crippen LogP contribution in [0.3, 0.4) is 0 Å². The zero-order valence-corrected chi connectivity index (χ0v) is 12.3. The first-order chi connectivity index (χ1) is 10.6. The minimum atomic E-state index is -0.333. The number of hydrogen-bond acceptors (Lipinski definition) is 4. The molecule has 1 atom stereocenters. The lowest BCUT2D eigenvalue weighted by Gasteiger charge is -2.09. The highest BCUT2D eigenvalue weighted by Gasteiger charge is 2.12. The molecule has 0 aliphatic carbocycles.